The first kappa shape index (κ1) is 14.6. The van der Waals surface area contributed by atoms with E-state index >= 15 is 0 Å². The first-order valence-electron chi connectivity index (χ1n) is 7.33. The third kappa shape index (κ3) is 3.47. The number of hydrogen-bond donors (Lipinski definition) is 2. The van der Waals surface area contributed by atoms with Gasteiger partial charge in [-0.05, 0) is 18.9 Å². The zero-order valence-electron chi connectivity index (χ0n) is 11.8. The summed E-state index contributed by atoms with van der Waals surface area (Å²) >= 11 is 0. The molecule has 2 aliphatic rings. The maximum Gasteiger partial charge on any atom is 0.222 e. The molecule has 2 heterocycles. The summed E-state index contributed by atoms with van der Waals surface area (Å²) in [6, 6.07) is 1.61. The van der Waals surface area contributed by atoms with Crippen molar-refractivity contribution in [1.29, 1.82) is 0 Å². The standard InChI is InChI=1S/C14H20N2O4S/c17-14(8-10-9-21(18,19)7-5-15-10)16-12-2-1-3-13-11(12)4-6-20-13/h4,6,10,12,15H,1-3,5,7-9H2,(H,16,17). The van der Waals surface area contributed by atoms with E-state index in [1.807, 2.05) is 6.07 Å². The first-order valence-corrected chi connectivity index (χ1v) is 9.15. The van der Waals surface area contributed by atoms with E-state index in [4.69, 9.17) is 4.42 Å². The topological polar surface area (TPSA) is 88.4 Å². The molecule has 1 aromatic rings. The maximum absolute atomic E-state index is 12.1. The summed E-state index contributed by atoms with van der Waals surface area (Å²) in [5, 5.41) is 6.10. The second-order valence-corrected chi connectivity index (χ2v) is 8.01. The zero-order valence-corrected chi connectivity index (χ0v) is 12.6. The largest absolute Gasteiger partial charge is 0.469 e. The van der Waals surface area contributed by atoms with Gasteiger partial charge in [0.2, 0.25) is 5.91 Å². The Kier molecular flexibility index (Phi) is 4.03. The molecule has 0 radical (unpaired) electrons. The molecule has 6 nitrogen and oxygen atoms in total. The summed E-state index contributed by atoms with van der Waals surface area (Å²) < 4.78 is 28.6. The molecule has 0 bridgehead atoms. The highest BCUT2D eigenvalue weighted by Crippen LogP contribution is 2.30. The Bertz CT molecular complexity index is 623. The Morgan fingerprint density at radius 2 is 2.33 bits per heavy atom. The molecule has 0 aromatic carbocycles. The van der Waals surface area contributed by atoms with Crippen LogP contribution in [0.15, 0.2) is 16.7 Å². The van der Waals surface area contributed by atoms with Crippen molar-refractivity contribution in [3.8, 4) is 0 Å². The summed E-state index contributed by atoms with van der Waals surface area (Å²) in [4.78, 5) is 12.1. The molecule has 1 saturated heterocycles. The van der Waals surface area contributed by atoms with E-state index in [1.54, 1.807) is 6.26 Å². The van der Waals surface area contributed by atoms with Gasteiger partial charge in [-0.1, -0.05) is 0 Å². The molecule has 7 heteroatoms. The summed E-state index contributed by atoms with van der Waals surface area (Å²) in [6.07, 6.45) is 4.65. The SMILES string of the molecule is O=C(CC1CS(=O)(=O)CCN1)NC1CCCc2occc21. The van der Waals surface area contributed by atoms with Crippen molar-refractivity contribution in [2.75, 3.05) is 18.1 Å². The molecule has 1 aliphatic carbocycles. The lowest BCUT2D eigenvalue weighted by atomic mass is 9.93. The van der Waals surface area contributed by atoms with Crippen LogP contribution in [-0.4, -0.2) is 38.4 Å². The van der Waals surface area contributed by atoms with Gasteiger partial charge in [-0.3, -0.25) is 4.79 Å². The number of carbonyl (C=O) groups excluding carboxylic acids is 1. The van der Waals surface area contributed by atoms with Gasteiger partial charge in [0.05, 0.1) is 23.8 Å². The lowest BCUT2D eigenvalue weighted by Gasteiger charge is -2.26. The van der Waals surface area contributed by atoms with Crippen LogP contribution in [0.25, 0.3) is 0 Å². The summed E-state index contributed by atoms with van der Waals surface area (Å²) in [5.74, 6) is 1.04. The lowest BCUT2D eigenvalue weighted by molar-refractivity contribution is -0.122. The monoisotopic (exact) mass is 312 g/mol. The van der Waals surface area contributed by atoms with Crippen LogP contribution < -0.4 is 10.6 Å². The number of sulfone groups is 1. The third-order valence-corrected chi connectivity index (χ3v) is 5.86. The van der Waals surface area contributed by atoms with Crippen LogP contribution in [0.1, 0.15) is 36.6 Å². The Hall–Kier alpha value is -1.34. The number of hydrogen-bond acceptors (Lipinski definition) is 5. The minimum Gasteiger partial charge on any atom is -0.469 e. The molecular weight excluding hydrogens is 292 g/mol. The molecule has 1 fully saturated rings. The number of nitrogens with one attached hydrogen (secondary N) is 2. The minimum atomic E-state index is -3.01. The molecule has 3 rings (SSSR count). The van der Waals surface area contributed by atoms with Crippen molar-refractivity contribution in [1.82, 2.24) is 10.6 Å². The fourth-order valence-corrected chi connectivity index (χ4v) is 4.56. The molecule has 116 valence electrons. The number of amides is 1. The zero-order chi connectivity index (χ0) is 14.9. The summed E-state index contributed by atoms with van der Waals surface area (Å²) in [7, 11) is -3.01. The number of aryl methyl sites for hydroxylation is 1. The van der Waals surface area contributed by atoms with Gasteiger partial charge in [0.1, 0.15) is 5.76 Å². The molecule has 2 N–H and O–H groups in total. The highest BCUT2D eigenvalue weighted by Gasteiger charge is 2.28. The minimum absolute atomic E-state index is 0.0137. The Balaban J connectivity index is 1.58. The first-order chi connectivity index (χ1) is 10.0. The number of furan rings is 1. The average Bonchev–Trinajstić information content (AvgIpc) is 2.86. The maximum atomic E-state index is 12.1. The highest BCUT2D eigenvalue weighted by molar-refractivity contribution is 7.91. The molecule has 1 amide bonds. The smallest absolute Gasteiger partial charge is 0.222 e. The fraction of sp³-hybridized carbons (Fsp3) is 0.643. The summed E-state index contributed by atoms with van der Waals surface area (Å²) in [5.41, 5.74) is 1.05. The second-order valence-electron chi connectivity index (χ2n) is 5.78. The van der Waals surface area contributed by atoms with Crippen molar-refractivity contribution >= 4 is 15.7 Å². The Morgan fingerprint density at radius 1 is 1.48 bits per heavy atom. The number of rotatable bonds is 3. The predicted molar refractivity (Wildman–Crippen MR) is 77.6 cm³/mol. The van der Waals surface area contributed by atoms with Gasteiger partial charge in [-0.2, -0.15) is 0 Å². The van der Waals surface area contributed by atoms with Gasteiger partial charge in [-0.25, -0.2) is 8.42 Å². The van der Waals surface area contributed by atoms with Crippen LogP contribution in [0.5, 0.6) is 0 Å². The van der Waals surface area contributed by atoms with Gasteiger partial charge in [-0.15, -0.1) is 0 Å². The van der Waals surface area contributed by atoms with Crippen LogP contribution in [0.4, 0.5) is 0 Å². The van der Waals surface area contributed by atoms with Crippen molar-refractivity contribution < 1.29 is 17.6 Å². The molecular formula is C14H20N2O4S. The van der Waals surface area contributed by atoms with Crippen LogP contribution in [0.3, 0.4) is 0 Å². The fourth-order valence-electron chi connectivity index (χ4n) is 3.11. The van der Waals surface area contributed by atoms with Crippen LogP contribution in [-0.2, 0) is 21.1 Å². The van der Waals surface area contributed by atoms with Crippen molar-refractivity contribution in [3.63, 3.8) is 0 Å². The van der Waals surface area contributed by atoms with E-state index in [-0.39, 0.29) is 35.9 Å². The molecule has 0 saturated carbocycles. The Labute approximate surface area is 124 Å². The van der Waals surface area contributed by atoms with Gasteiger partial charge < -0.3 is 15.1 Å². The molecule has 1 aromatic heterocycles. The van der Waals surface area contributed by atoms with E-state index < -0.39 is 9.84 Å². The van der Waals surface area contributed by atoms with Crippen molar-refractivity contribution in [3.05, 3.63) is 23.7 Å². The normalized spacial score (nSPS) is 27.8. The number of carbonyl (C=O) groups is 1. The third-order valence-electron chi connectivity index (χ3n) is 4.12. The van der Waals surface area contributed by atoms with E-state index in [2.05, 4.69) is 10.6 Å². The lowest BCUT2D eigenvalue weighted by Crippen LogP contribution is -2.47. The highest BCUT2D eigenvalue weighted by atomic mass is 32.2. The van der Waals surface area contributed by atoms with Crippen LogP contribution in [0.2, 0.25) is 0 Å². The molecule has 2 atom stereocenters. The predicted octanol–water partition coefficient (Wildman–Crippen LogP) is 0.550. The van der Waals surface area contributed by atoms with E-state index in [1.165, 1.54) is 0 Å². The average molecular weight is 312 g/mol. The summed E-state index contributed by atoms with van der Waals surface area (Å²) in [6.45, 7) is 0.426. The van der Waals surface area contributed by atoms with Crippen LogP contribution in [0, 0.1) is 0 Å². The number of fused-ring (bicyclic) bond motifs is 1. The van der Waals surface area contributed by atoms with Gasteiger partial charge in [0.15, 0.2) is 9.84 Å². The Morgan fingerprint density at radius 3 is 3.14 bits per heavy atom. The van der Waals surface area contributed by atoms with E-state index in [0.29, 0.717) is 6.54 Å². The van der Waals surface area contributed by atoms with E-state index in [0.717, 1.165) is 30.6 Å². The van der Waals surface area contributed by atoms with Crippen molar-refractivity contribution in [2.45, 2.75) is 37.8 Å². The van der Waals surface area contributed by atoms with Gasteiger partial charge in [0, 0.05) is 31.0 Å². The molecule has 21 heavy (non-hydrogen) atoms. The van der Waals surface area contributed by atoms with Crippen LogP contribution >= 0.6 is 0 Å². The molecule has 2 unspecified atom stereocenters. The molecule has 1 aliphatic heterocycles. The van der Waals surface area contributed by atoms with Gasteiger partial charge >= 0.3 is 0 Å². The van der Waals surface area contributed by atoms with Gasteiger partial charge in [0.25, 0.3) is 0 Å². The van der Waals surface area contributed by atoms with E-state index in [9.17, 15) is 13.2 Å². The van der Waals surface area contributed by atoms with Crippen molar-refractivity contribution in [2.24, 2.45) is 0 Å². The molecule has 0 spiro atoms. The second kappa shape index (κ2) is 5.81. The quantitative estimate of drug-likeness (QED) is 0.851.